The molecule has 1 saturated carbocycles. The highest BCUT2D eigenvalue weighted by atomic mass is 16.4. The Morgan fingerprint density at radius 2 is 2.14 bits per heavy atom. The molecule has 1 aliphatic rings. The second-order valence-corrected chi connectivity index (χ2v) is 6.18. The number of carboxylic acid groups (broad SMARTS) is 1. The third-order valence-electron chi connectivity index (χ3n) is 4.61. The van der Waals surface area contributed by atoms with Crippen molar-refractivity contribution in [2.75, 3.05) is 6.54 Å². The van der Waals surface area contributed by atoms with E-state index in [0.717, 1.165) is 37.2 Å². The van der Waals surface area contributed by atoms with E-state index in [0.29, 0.717) is 18.8 Å². The normalized spacial score (nSPS) is 26.0. The molecule has 1 aromatic rings. The van der Waals surface area contributed by atoms with Crippen LogP contribution in [0.2, 0.25) is 0 Å². The zero-order valence-electron chi connectivity index (χ0n) is 12.8. The van der Waals surface area contributed by atoms with Gasteiger partial charge in [0, 0.05) is 18.7 Å². The van der Waals surface area contributed by atoms with Gasteiger partial charge in [0.05, 0.1) is 5.60 Å². The van der Waals surface area contributed by atoms with Gasteiger partial charge in [-0.25, -0.2) is 4.79 Å². The van der Waals surface area contributed by atoms with Crippen molar-refractivity contribution in [3.63, 3.8) is 0 Å². The van der Waals surface area contributed by atoms with E-state index in [1.807, 2.05) is 0 Å². The molecule has 0 unspecified atom stereocenters. The summed E-state index contributed by atoms with van der Waals surface area (Å²) in [5, 5.41) is 22.7. The molecule has 0 amide bonds. The Bertz CT molecular complexity index is 486. The van der Waals surface area contributed by atoms with Gasteiger partial charge < -0.3 is 19.9 Å². The zero-order valence-corrected chi connectivity index (χ0v) is 12.8. The minimum absolute atomic E-state index is 0.0357. The van der Waals surface area contributed by atoms with Gasteiger partial charge in [0.15, 0.2) is 0 Å². The van der Waals surface area contributed by atoms with Crippen LogP contribution in [0.1, 0.15) is 60.9 Å². The Labute approximate surface area is 125 Å². The van der Waals surface area contributed by atoms with Crippen LogP contribution in [0.5, 0.6) is 0 Å². The lowest BCUT2D eigenvalue weighted by molar-refractivity contribution is -0.00883. The topological polar surface area (TPSA) is 82.7 Å². The van der Waals surface area contributed by atoms with Crippen LogP contribution in [0.15, 0.2) is 10.5 Å². The number of aliphatic hydroxyl groups is 1. The summed E-state index contributed by atoms with van der Waals surface area (Å²) in [6.07, 6.45) is 5.04. The summed E-state index contributed by atoms with van der Waals surface area (Å²) >= 11 is 0. The largest absolute Gasteiger partial charge is 0.475 e. The number of furan rings is 1. The van der Waals surface area contributed by atoms with Crippen molar-refractivity contribution in [2.45, 2.75) is 58.1 Å². The molecule has 1 fully saturated rings. The quantitative estimate of drug-likeness (QED) is 0.751. The van der Waals surface area contributed by atoms with Gasteiger partial charge in [-0.2, -0.15) is 0 Å². The van der Waals surface area contributed by atoms with Crippen LogP contribution >= 0.6 is 0 Å². The van der Waals surface area contributed by atoms with Crippen LogP contribution in [-0.4, -0.2) is 28.3 Å². The van der Waals surface area contributed by atoms with Crippen molar-refractivity contribution >= 4 is 5.97 Å². The first-order valence-electron chi connectivity index (χ1n) is 7.69. The number of carboxylic acids is 1. The molecule has 0 bridgehead atoms. The number of rotatable bonds is 6. The summed E-state index contributed by atoms with van der Waals surface area (Å²) in [7, 11) is 0. The molecule has 5 nitrogen and oxygen atoms in total. The van der Waals surface area contributed by atoms with Crippen LogP contribution in [-0.2, 0) is 6.54 Å². The lowest BCUT2D eigenvalue weighted by Crippen LogP contribution is -2.43. The van der Waals surface area contributed by atoms with E-state index in [2.05, 4.69) is 12.2 Å². The number of hydrogen-bond acceptors (Lipinski definition) is 4. The molecular weight excluding hydrogens is 270 g/mol. The first kappa shape index (κ1) is 16.0. The van der Waals surface area contributed by atoms with Gasteiger partial charge in [-0.15, -0.1) is 0 Å². The van der Waals surface area contributed by atoms with E-state index in [4.69, 9.17) is 9.52 Å². The first-order valence-corrected chi connectivity index (χ1v) is 7.69. The van der Waals surface area contributed by atoms with E-state index < -0.39 is 11.6 Å². The smallest absolute Gasteiger partial charge is 0.371 e. The number of aromatic carboxylic acids is 1. The molecule has 0 spiro atoms. The summed E-state index contributed by atoms with van der Waals surface area (Å²) in [5.74, 6) is 0.272. The highest BCUT2D eigenvalue weighted by Gasteiger charge is 2.32. The maximum atomic E-state index is 10.8. The van der Waals surface area contributed by atoms with Gasteiger partial charge in [0.1, 0.15) is 5.76 Å². The predicted octanol–water partition coefficient (Wildman–Crippen LogP) is 2.71. The van der Waals surface area contributed by atoms with E-state index in [1.54, 1.807) is 13.0 Å². The maximum Gasteiger partial charge on any atom is 0.371 e. The van der Waals surface area contributed by atoms with Crippen LogP contribution in [0.4, 0.5) is 0 Å². The molecule has 2 rings (SSSR count). The summed E-state index contributed by atoms with van der Waals surface area (Å²) in [6, 6.07) is 1.54. The summed E-state index contributed by atoms with van der Waals surface area (Å²) in [4.78, 5) is 10.8. The fourth-order valence-corrected chi connectivity index (χ4v) is 3.03. The minimum Gasteiger partial charge on any atom is -0.475 e. The van der Waals surface area contributed by atoms with E-state index in [-0.39, 0.29) is 5.76 Å². The molecule has 1 aromatic heterocycles. The van der Waals surface area contributed by atoms with Crippen LogP contribution in [0, 0.1) is 12.8 Å². The van der Waals surface area contributed by atoms with Gasteiger partial charge in [0.2, 0.25) is 5.76 Å². The Morgan fingerprint density at radius 3 is 2.67 bits per heavy atom. The van der Waals surface area contributed by atoms with Crippen LogP contribution in [0.25, 0.3) is 0 Å². The molecule has 0 radical (unpaired) electrons. The third-order valence-corrected chi connectivity index (χ3v) is 4.61. The van der Waals surface area contributed by atoms with Crippen molar-refractivity contribution in [3.8, 4) is 0 Å². The monoisotopic (exact) mass is 295 g/mol. The number of aryl methyl sites for hydroxylation is 1. The Hall–Kier alpha value is -1.33. The Balaban J connectivity index is 1.83. The van der Waals surface area contributed by atoms with Crippen LogP contribution in [0.3, 0.4) is 0 Å². The average molecular weight is 295 g/mol. The van der Waals surface area contributed by atoms with Crippen molar-refractivity contribution < 1.29 is 19.4 Å². The lowest BCUT2D eigenvalue weighted by atomic mass is 9.78. The molecule has 0 saturated heterocycles. The fourth-order valence-electron chi connectivity index (χ4n) is 3.03. The molecule has 0 atom stereocenters. The Morgan fingerprint density at radius 1 is 1.48 bits per heavy atom. The highest BCUT2D eigenvalue weighted by molar-refractivity contribution is 5.84. The molecule has 21 heavy (non-hydrogen) atoms. The maximum absolute atomic E-state index is 10.8. The molecule has 0 aliphatic heterocycles. The first-order chi connectivity index (χ1) is 9.93. The van der Waals surface area contributed by atoms with Gasteiger partial charge in [-0.3, -0.25) is 0 Å². The summed E-state index contributed by atoms with van der Waals surface area (Å²) in [6.45, 7) is 5.01. The SMILES string of the molecule is CCC1CCC(O)(CNCc2cc(C(=O)O)oc2C)CC1. The number of hydrogen-bond donors (Lipinski definition) is 3. The van der Waals surface area contributed by atoms with E-state index in [9.17, 15) is 9.90 Å². The second-order valence-electron chi connectivity index (χ2n) is 6.18. The Kier molecular flexibility index (Phi) is 5.06. The van der Waals surface area contributed by atoms with Crippen molar-refractivity contribution in [3.05, 3.63) is 23.2 Å². The van der Waals surface area contributed by atoms with Crippen LogP contribution < -0.4 is 5.32 Å². The predicted molar refractivity (Wildman–Crippen MR) is 79.3 cm³/mol. The lowest BCUT2D eigenvalue weighted by Gasteiger charge is -2.36. The van der Waals surface area contributed by atoms with Gasteiger partial charge >= 0.3 is 5.97 Å². The highest BCUT2D eigenvalue weighted by Crippen LogP contribution is 2.33. The summed E-state index contributed by atoms with van der Waals surface area (Å²) < 4.78 is 5.17. The third kappa shape index (κ3) is 4.08. The summed E-state index contributed by atoms with van der Waals surface area (Å²) in [5.41, 5.74) is 0.206. The molecule has 1 heterocycles. The molecule has 1 aliphatic carbocycles. The average Bonchev–Trinajstić information content (AvgIpc) is 2.81. The van der Waals surface area contributed by atoms with Crippen molar-refractivity contribution in [1.29, 1.82) is 0 Å². The molecule has 118 valence electrons. The van der Waals surface area contributed by atoms with Crippen molar-refractivity contribution in [2.24, 2.45) is 5.92 Å². The van der Waals surface area contributed by atoms with E-state index >= 15 is 0 Å². The number of nitrogens with one attached hydrogen (secondary N) is 1. The van der Waals surface area contributed by atoms with Crippen molar-refractivity contribution in [1.82, 2.24) is 5.32 Å². The second kappa shape index (κ2) is 6.62. The molecule has 0 aromatic carbocycles. The zero-order chi connectivity index (χ0) is 15.5. The minimum atomic E-state index is -1.05. The molecule has 5 heteroatoms. The van der Waals surface area contributed by atoms with Gasteiger partial charge in [-0.1, -0.05) is 13.3 Å². The fraction of sp³-hybridized carbons (Fsp3) is 0.688. The number of carbonyl (C=O) groups is 1. The van der Waals surface area contributed by atoms with E-state index in [1.165, 1.54) is 6.42 Å². The molecular formula is C16H25NO4. The van der Waals surface area contributed by atoms with Gasteiger partial charge in [-0.05, 0) is 44.6 Å². The standard InChI is InChI=1S/C16H25NO4/c1-3-12-4-6-16(20,7-5-12)10-17-9-13-8-14(15(18)19)21-11(13)2/h8,12,17,20H,3-7,9-10H2,1-2H3,(H,18,19). The van der Waals surface area contributed by atoms with Gasteiger partial charge in [0.25, 0.3) is 0 Å². The molecule has 3 N–H and O–H groups in total.